The van der Waals surface area contributed by atoms with Crippen molar-refractivity contribution in [2.75, 3.05) is 0 Å². The number of rotatable bonds is 3. The molecule has 0 bridgehead atoms. The molecule has 3 heteroatoms. The monoisotopic (exact) mass is 350 g/mol. The lowest BCUT2D eigenvalue weighted by Gasteiger charge is -2.19. The first kappa shape index (κ1) is 16.2. The van der Waals surface area contributed by atoms with Crippen LogP contribution in [0, 0.1) is 5.82 Å². The van der Waals surface area contributed by atoms with Crippen LogP contribution in [-0.4, -0.2) is 5.11 Å². The normalized spacial score (nSPS) is 13.2. The maximum atomic E-state index is 13.5. The van der Waals surface area contributed by atoms with E-state index in [0.717, 1.165) is 5.56 Å². The average molecular weight is 351 g/mol. The molecule has 0 aliphatic rings. The third-order valence-corrected chi connectivity index (χ3v) is 4.22. The predicted octanol–water partition coefficient (Wildman–Crippen LogP) is 5.16. The topological polar surface area (TPSA) is 20.2 Å². The van der Waals surface area contributed by atoms with Gasteiger partial charge in [0.2, 0.25) is 0 Å². The summed E-state index contributed by atoms with van der Waals surface area (Å²) in [5.74, 6) is -0.352. The van der Waals surface area contributed by atoms with Gasteiger partial charge in [0, 0.05) is 6.42 Å². The van der Waals surface area contributed by atoms with Crippen LogP contribution in [-0.2, 0) is 11.8 Å². The molecule has 112 valence electrons. The van der Waals surface area contributed by atoms with E-state index >= 15 is 0 Å². The minimum atomic E-state index is -0.701. The quantitative estimate of drug-likeness (QED) is 0.810. The van der Waals surface area contributed by atoms with E-state index in [4.69, 9.17) is 0 Å². The van der Waals surface area contributed by atoms with Crippen LogP contribution in [0.1, 0.15) is 43.6 Å². The van der Waals surface area contributed by atoms with E-state index in [2.05, 4.69) is 48.8 Å². The van der Waals surface area contributed by atoms with Crippen LogP contribution < -0.4 is 0 Å². The summed E-state index contributed by atoms with van der Waals surface area (Å²) in [4.78, 5) is 0. The molecule has 0 amide bonds. The molecule has 0 aliphatic carbocycles. The molecule has 1 atom stereocenters. The Hall–Kier alpha value is -1.19. The van der Waals surface area contributed by atoms with Crippen LogP contribution in [0.5, 0.6) is 0 Å². The fourth-order valence-corrected chi connectivity index (χ4v) is 2.45. The van der Waals surface area contributed by atoms with Gasteiger partial charge in [0.1, 0.15) is 5.82 Å². The SMILES string of the molecule is CC(C)(C)c1ccc(CC(O)c2ccc(Br)c(F)c2)cc1. The molecule has 21 heavy (non-hydrogen) atoms. The van der Waals surface area contributed by atoms with Crippen LogP contribution >= 0.6 is 15.9 Å². The average Bonchev–Trinajstić information content (AvgIpc) is 2.41. The molecule has 0 saturated heterocycles. The van der Waals surface area contributed by atoms with Gasteiger partial charge in [0.15, 0.2) is 0 Å². The van der Waals surface area contributed by atoms with Crippen molar-refractivity contribution in [2.45, 2.75) is 38.7 Å². The molecule has 0 spiro atoms. The van der Waals surface area contributed by atoms with Gasteiger partial charge >= 0.3 is 0 Å². The lowest BCUT2D eigenvalue weighted by Crippen LogP contribution is -2.11. The molecule has 1 N–H and O–H groups in total. The van der Waals surface area contributed by atoms with Gasteiger partial charge in [-0.15, -0.1) is 0 Å². The first-order chi connectivity index (χ1) is 9.77. The minimum Gasteiger partial charge on any atom is -0.388 e. The van der Waals surface area contributed by atoms with Crippen molar-refractivity contribution in [2.24, 2.45) is 0 Å². The van der Waals surface area contributed by atoms with Gasteiger partial charge in [-0.2, -0.15) is 0 Å². The molecular formula is C18H20BrFO. The number of hydrogen-bond donors (Lipinski definition) is 1. The van der Waals surface area contributed by atoms with Crippen LogP contribution in [0.3, 0.4) is 0 Å². The smallest absolute Gasteiger partial charge is 0.137 e. The first-order valence-corrected chi connectivity index (χ1v) is 7.79. The predicted molar refractivity (Wildman–Crippen MR) is 87.9 cm³/mol. The van der Waals surface area contributed by atoms with Gasteiger partial charge in [-0.1, -0.05) is 51.1 Å². The van der Waals surface area contributed by atoms with Gasteiger partial charge in [-0.25, -0.2) is 4.39 Å². The summed E-state index contributed by atoms with van der Waals surface area (Å²) in [7, 11) is 0. The van der Waals surface area contributed by atoms with E-state index < -0.39 is 6.10 Å². The van der Waals surface area contributed by atoms with Crippen molar-refractivity contribution >= 4 is 15.9 Å². The second-order valence-corrected chi connectivity index (χ2v) is 7.19. The number of aliphatic hydroxyl groups excluding tert-OH is 1. The van der Waals surface area contributed by atoms with Crippen LogP contribution in [0.15, 0.2) is 46.9 Å². The third-order valence-electron chi connectivity index (χ3n) is 3.58. The molecule has 0 aliphatic heterocycles. The maximum Gasteiger partial charge on any atom is 0.137 e. The summed E-state index contributed by atoms with van der Waals surface area (Å²) < 4.78 is 13.9. The fraction of sp³-hybridized carbons (Fsp3) is 0.333. The number of halogens is 2. The largest absolute Gasteiger partial charge is 0.388 e. The van der Waals surface area contributed by atoms with E-state index in [1.807, 2.05) is 12.1 Å². The van der Waals surface area contributed by atoms with Crippen molar-refractivity contribution in [1.82, 2.24) is 0 Å². The lowest BCUT2D eigenvalue weighted by molar-refractivity contribution is 0.178. The summed E-state index contributed by atoms with van der Waals surface area (Å²) in [6.07, 6.45) is -0.223. The van der Waals surface area contributed by atoms with E-state index in [9.17, 15) is 9.50 Å². The van der Waals surface area contributed by atoms with Crippen molar-refractivity contribution < 1.29 is 9.50 Å². The summed E-state index contributed by atoms with van der Waals surface area (Å²) in [6, 6.07) is 13.0. The van der Waals surface area contributed by atoms with Crippen molar-refractivity contribution in [3.8, 4) is 0 Å². The van der Waals surface area contributed by atoms with Crippen LogP contribution in [0.4, 0.5) is 4.39 Å². The first-order valence-electron chi connectivity index (χ1n) is 7.00. The van der Waals surface area contributed by atoms with E-state index in [1.165, 1.54) is 11.6 Å². The van der Waals surface area contributed by atoms with Gasteiger partial charge in [-0.3, -0.25) is 0 Å². The zero-order chi connectivity index (χ0) is 15.6. The van der Waals surface area contributed by atoms with E-state index in [0.29, 0.717) is 16.5 Å². The summed E-state index contributed by atoms with van der Waals surface area (Å²) >= 11 is 3.12. The molecule has 0 radical (unpaired) electrons. The van der Waals surface area contributed by atoms with E-state index in [-0.39, 0.29) is 11.2 Å². The number of aliphatic hydroxyl groups is 1. The molecule has 2 aromatic carbocycles. The Bertz CT molecular complexity index is 614. The maximum absolute atomic E-state index is 13.5. The summed E-state index contributed by atoms with van der Waals surface area (Å²) in [6.45, 7) is 6.50. The van der Waals surface area contributed by atoms with Crippen molar-refractivity contribution in [1.29, 1.82) is 0 Å². The Kier molecular flexibility index (Phi) is 4.84. The van der Waals surface area contributed by atoms with Crippen LogP contribution in [0.2, 0.25) is 0 Å². The summed E-state index contributed by atoms with van der Waals surface area (Å²) in [5.41, 5.74) is 3.01. The van der Waals surface area contributed by atoms with Crippen molar-refractivity contribution in [3.63, 3.8) is 0 Å². The number of benzene rings is 2. The van der Waals surface area contributed by atoms with Gasteiger partial charge < -0.3 is 5.11 Å². The Morgan fingerprint density at radius 1 is 1.10 bits per heavy atom. The highest BCUT2D eigenvalue weighted by Crippen LogP contribution is 2.25. The molecule has 2 aromatic rings. The van der Waals surface area contributed by atoms with Crippen molar-refractivity contribution in [3.05, 3.63) is 69.4 Å². The molecule has 1 unspecified atom stereocenters. The van der Waals surface area contributed by atoms with E-state index in [1.54, 1.807) is 12.1 Å². The lowest BCUT2D eigenvalue weighted by atomic mass is 9.86. The van der Waals surface area contributed by atoms with Gasteiger partial charge in [-0.05, 0) is 50.2 Å². The van der Waals surface area contributed by atoms with Gasteiger partial charge in [0.25, 0.3) is 0 Å². The zero-order valence-corrected chi connectivity index (χ0v) is 14.1. The second kappa shape index (κ2) is 6.29. The highest BCUT2D eigenvalue weighted by Gasteiger charge is 2.14. The standard InChI is InChI=1S/C18H20BrFO/c1-18(2,3)14-7-4-12(5-8-14)10-17(21)13-6-9-15(19)16(20)11-13/h4-9,11,17,21H,10H2,1-3H3. The van der Waals surface area contributed by atoms with Gasteiger partial charge in [0.05, 0.1) is 10.6 Å². The Labute approximate surface area is 134 Å². The molecule has 0 fully saturated rings. The Balaban J connectivity index is 2.12. The molecule has 1 nitrogen and oxygen atoms in total. The number of hydrogen-bond acceptors (Lipinski definition) is 1. The fourth-order valence-electron chi connectivity index (χ4n) is 2.20. The Morgan fingerprint density at radius 2 is 1.71 bits per heavy atom. The highest BCUT2D eigenvalue weighted by atomic mass is 79.9. The molecule has 0 saturated carbocycles. The second-order valence-electron chi connectivity index (χ2n) is 6.34. The third kappa shape index (κ3) is 4.14. The molecule has 2 rings (SSSR count). The molecule has 0 aromatic heterocycles. The summed E-state index contributed by atoms with van der Waals surface area (Å²) in [5, 5.41) is 10.2. The zero-order valence-electron chi connectivity index (χ0n) is 12.5. The van der Waals surface area contributed by atoms with Crippen LogP contribution in [0.25, 0.3) is 0 Å². The molecule has 0 heterocycles. The minimum absolute atomic E-state index is 0.117. The Morgan fingerprint density at radius 3 is 2.24 bits per heavy atom. The molecular weight excluding hydrogens is 331 g/mol. The highest BCUT2D eigenvalue weighted by molar-refractivity contribution is 9.10.